The van der Waals surface area contributed by atoms with Crippen LogP contribution in [0.25, 0.3) is 0 Å². The number of carbonyl (C=O) groups is 2. The molecule has 0 N–H and O–H groups in total. The summed E-state index contributed by atoms with van der Waals surface area (Å²) in [6.45, 7) is 5.06. The highest BCUT2D eigenvalue weighted by Crippen LogP contribution is 2.39. The molecular formula is C22H24N2O3. The van der Waals surface area contributed by atoms with Crippen molar-refractivity contribution in [1.82, 2.24) is 9.88 Å². The third-order valence-electron chi connectivity index (χ3n) is 5.64. The van der Waals surface area contributed by atoms with E-state index in [-0.39, 0.29) is 11.7 Å². The Labute approximate surface area is 159 Å². The Balaban J connectivity index is 1.53. The number of para-hydroxylation sites is 1. The van der Waals surface area contributed by atoms with E-state index < -0.39 is 5.60 Å². The molecule has 1 unspecified atom stereocenters. The zero-order valence-electron chi connectivity index (χ0n) is 15.8. The predicted octanol–water partition coefficient (Wildman–Crippen LogP) is 3.73. The monoisotopic (exact) mass is 364 g/mol. The molecule has 1 aromatic heterocycles. The van der Waals surface area contributed by atoms with E-state index in [0.717, 1.165) is 24.2 Å². The van der Waals surface area contributed by atoms with Crippen LogP contribution in [0.5, 0.6) is 5.75 Å². The van der Waals surface area contributed by atoms with Crippen LogP contribution in [0.2, 0.25) is 0 Å². The summed E-state index contributed by atoms with van der Waals surface area (Å²) in [7, 11) is 0. The van der Waals surface area contributed by atoms with Crippen LogP contribution in [0.15, 0.2) is 36.4 Å². The van der Waals surface area contributed by atoms with Crippen molar-refractivity contribution < 1.29 is 14.3 Å². The van der Waals surface area contributed by atoms with Gasteiger partial charge in [0.25, 0.3) is 5.91 Å². The molecular weight excluding hydrogens is 340 g/mol. The largest absolute Gasteiger partial charge is 0.486 e. The summed E-state index contributed by atoms with van der Waals surface area (Å²) >= 11 is 0. The summed E-state index contributed by atoms with van der Waals surface area (Å²) in [5, 5.41) is 0. The maximum absolute atomic E-state index is 13.0. The Morgan fingerprint density at radius 2 is 1.93 bits per heavy atom. The summed E-state index contributed by atoms with van der Waals surface area (Å²) in [4.78, 5) is 31.9. The maximum Gasteiger partial charge on any atom is 0.255 e. The van der Waals surface area contributed by atoms with Crippen LogP contribution in [0.3, 0.4) is 0 Å². The van der Waals surface area contributed by atoms with Gasteiger partial charge in [0.2, 0.25) is 0 Å². The smallest absolute Gasteiger partial charge is 0.255 e. The molecule has 1 aromatic carbocycles. The van der Waals surface area contributed by atoms with E-state index in [1.165, 1.54) is 0 Å². The number of fused-ring (bicyclic) bond motifs is 1. The summed E-state index contributed by atoms with van der Waals surface area (Å²) in [5.74, 6) is 0.821. The summed E-state index contributed by atoms with van der Waals surface area (Å²) in [6.07, 6.45) is 2.65. The number of benzene rings is 1. The molecule has 5 heteroatoms. The van der Waals surface area contributed by atoms with Crippen LogP contribution in [0.4, 0.5) is 0 Å². The number of aryl methyl sites for hydroxylation is 2. The van der Waals surface area contributed by atoms with Crippen molar-refractivity contribution in [1.29, 1.82) is 0 Å². The van der Waals surface area contributed by atoms with E-state index in [2.05, 4.69) is 4.98 Å². The number of pyridine rings is 1. The molecule has 0 aliphatic carbocycles. The molecule has 2 aromatic rings. The number of nitrogens with zero attached hydrogens (tertiary/aromatic N) is 2. The first-order valence-corrected chi connectivity index (χ1v) is 9.52. The van der Waals surface area contributed by atoms with Crippen LogP contribution in [0.1, 0.15) is 57.8 Å². The highest BCUT2D eigenvalue weighted by atomic mass is 16.5. The number of carbonyl (C=O) groups excluding carboxylic acids is 2. The SMILES string of the molecule is Cc1ccc(C(=O)N2CCCC3(CC2)CC(=O)c2ccccc2O3)c(C)n1. The molecule has 2 aliphatic rings. The zero-order chi connectivity index (χ0) is 19.0. The first-order valence-electron chi connectivity index (χ1n) is 9.52. The number of ketones is 1. The van der Waals surface area contributed by atoms with Crippen LogP contribution in [0, 0.1) is 13.8 Å². The fourth-order valence-corrected chi connectivity index (χ4v) is 4.18. The molecule has 0 saturated carbocycles. The van der Waals surface area contributed by atoms with Gasteiger partial charge in [-0.2, -0.15) is 0 Å². The standard InChI is InChI=1S/C22H24N2O3/c1-15-8-9-17(16(2)23-15)21(26)24-12-5-10-22(11-13-24)14-19(25)18-6-3-4-7-20(18)27-22/h3-4,6-9H,5,10-14H2,1-2H3. The molecule has 2 aliphatic heterocycles. The van der Waals surface area contributed by atoms with Gasteiger partial charge < -0.3 is 9.64 Å². The van der Waals surface area contributed by atoms with Gasteiger partial charge in [0.15, 0.2) is 5.78 Å². The van der Waals surface area contributed by atoms with Crippen LogP contribution >= 0.6 is 0 Å². The molecule has 1 atom stereocenters. The minimum absolute atomic E-state index is 0.0135. The molecule has 3 heterocycles. The van der Waals surface area contributed by atoms with Gasteiger partial charge in [-0.1, -0.05) is 12.1 Å². The summed E-state index contributed by atoms with van der Waals surface area (Å²) in [6, 6.07) is 11.2. The maximum atomic E-state index is 13.0. The van der Waals surface area contributed by atoms with Crippen LogP contribution in [-0.2, 0) is 0 Å². The average molecular weight is 364 g/mol. The lowest BCUT2D eigenvalue weighted by Gasteiger charge is -2.37. The minimum Gasteiger partial charge on any atom is -0.486 e. The fraction of sp³-hybridized carbons (Fsp3) is 0.409. The van der Waals surface area contributed by atoms with E-state index >= 15 is 0 Å². The number of Topliss-reactive ketones (excluding diaryl/α,β-unsaturated/α-hetero) is 1. The van der Waals surface area contributed by atoms with E-state index in [9.17, 15) is 9.59 Å². The molecule has 0 radical (unpaired) electrons. The molecule has 4 rings (SSSR count). The number of likely N-dealkylation sites (tertiary alicyclic amines) is 1. The number of hydrogen-bond donors (Lipinski definition) is 0. The number of hydrogen-bond acceptors (Lipinski definition) is 4. The van der Waals surface area contributed by atoms with Crippen molar-refractivity contribution in [2.75, 3.05) is 13.1 Å². The third kappa shape index (κ3) is 3.34. The third-order valence-corrected chi connectivity index (χ3v) is 5.64. The lowest BCUT2D eigenvalue weighted by atomic mass is 9.84. The molecule has 0 bridgehead atoms. The topological polar surface area (TPSA) is 59.5 Å². The number of aromatic nitrogens is 1. The van der Waals surface area contributed by atoms with Crippen LogP contribution in [-0.4, -0.2) is 40.3 Å². The van der Waals surface area contributed by atoms with Gasteiger partial charge in [0, 0.05) is 25.2 Å². The lowest BCUT2D eigenvalue weighted by Crippen LogP contribution is -2.43. The lowest BCUT2D eigenvalue weighted by molar-refractivity contribution is 0.0300. The molecule has 1 fully saturated rings. The Morgan fingerprint density at radius 3 is 2.74 bits per heavy atom. The van der Waals surface area contributed by atoms with Gasteiger partial charge in [-0.3, -0.25) is 14.6 Å². The Kier molecular flexibility index (Phi) is 4.46. The highest BCUT2D eigenvalue weighted by molar-refractivity contribution is 6.00. The molecule has 1 saturated heterocycles. The number of ether oxygens (including phenoxy) is 1. The molecule has 140 valence electrons. The van der Waals surface area contributed by atoms with Gasteiger partial charge >= 0.3 is 0 Å². The second-order valence-corrected chi connectivity index (χ2v) is 7.61. The minimum atomic E-state index is -0.499. The van der Waals surface area contributed by atoms with Gasteiger partial charge in [-0.25, -0.2) is 0 Å². The summed E-state index contributed by atoms with van der Waals surface area (Å²) in [5.41, 5.74) is 2.49. The van der Waals surface area contributed by atoms with Crippen LogP contribution < -0.4 is 4.74 Å². The van der Waals surface area contributed by atoms with E-state index in [1.54, 1.807) is 0 Å². The predicted molar refractivity (Wildman–Crippen MR) is 102 cm³/mol. The van der Waals surface area contributed by atoms with Crippen molar-refractivity contribution >= 4 is 11.7 Å². The van der Waals surface area contributed by atoms with E-state index in [1.807, 2.05) is 55.1 Å². The Bertz CT molecular complexity index is 908. The van der Waals surface area contributed by atoms with Gasteiger partial charge in [-0.15, -0.1) is 0 Å². The van der Waals surface area contributed by atoms with Gasteiger partial charge in [-0.05, 0) is 51.0 Å². The quantitative estimate of drug-likeness (QED) is 0.774. The Morgan fingerprint density at radius 1 is 1.11 bits per heavy atom. The average Bonchev–Trinajstić information content (AvgIpc) is 2.84. The fourth-order valence-electron chi connectivity index (χ4n) is 4.18. The summed E-state index contributed by atoms with van der Waals surface area (Å²) < 4.78 is 6.31. The van der Waals surface area contributed by atoms with Crippen molar-refractivity contribution in [3.05, 3.63) is 58.9 Å². The first kappa shape index (κ1) is 17.7. The normalized spacial score (nSPS) is 22.1. The molecule has 27 heavy (non-hydrogen) atoms. The number of rotatable bonds is 1. The highest BCUT2D eigenvalue weighted by Gasteiger charge is 2.42. The van der Waals surface area contributed by atoms with Gasteiger partial charge in [0.05, 0.1) is 23.2 Å². The van der Waals surface area contributed by atoms with Crippen molar-refractivity contribution in [2.45, 2.75) is 45.1 Å². The molecule has 1 amide bonds. The van der Waals surface area contributed by atoms with E-state index in [4.69, 9.17) is 4.74 Å². The van der Waals surface area contributed by atoms with Crippen molar-refractivity contribution in [2.24, 2.45) is 0 Å². The van der Waals surface area contributed by atoms with Gasteiger partial charge in [0.1, 0.15) is 11.4 Å². The second kappa shape index (κ2) is 6.80. The zero-order valence-corrected chi connectivity index (χ0v) is 15.8. The van der Waals surface area contributed by atoms with Crippen molar-refractivity contribution in [3.63, 3.8) is 0 Å². The number of amides is 1. The molecule has 5 nitrogen and oxygen atoms in total. The van der Waals surface area contributed by atoms with E-state index in [0.29, 0.717) is 42.8 Å². The Hall–Kier alpha value is -2.69. The second-order valence-electron chi connectivity index (χ2n) is 7.61. The molecule has 1 spiro atoms. The first-order chi connectivity index (χ1) is 13.0. The van der Waals surface area contributed by atoms with Crippen molar-refractivity contribution in [3.8, 4) is 5.75 Å².